The van der Waals surface area contributed by atoms with Crippen molar-refractivity contribution in [3.05, 3.63) is 51.5 Å². The number of fused-ring (bicyclic) bond motifs is 1. The predicted octanol–water partition coefficient (Wildman–Crippen LogP) is 5.19. The zero-order valence-corrected chi connectivity index (χ0v) is 12.2. The van der Waals surface area contributed by atoms with Crippen molar-refractivity contribution in [2.75, 3.05) is 0 Å². The van der Waals surface area contributed by atoms with Crippen LogP contribution in [-0.2, 0) is 4.79 Å². The maximum Gasteiger partial charge on any atom is 0.340 e. The van der Waals surface area contributed by atoms with Gasteiger partial charge in [-0.05, 0) is 42.0 Å². The van der Waals surface area contributed by atoms with Gasteiger partial charge in [-0.15, -0.1) is 0 Å². The highest BCUT2D eigenvalue weighted by molar-refractivity contribution is 6.42. The normalized spacial score (nSPS) is 11.7. The zero-order valence-electron chi connectivity index (χ0n) is 9.91. The summed E-state index contributed by atoms with van der Waals surface area (Å²) < 4.78 is 5.18. The van der Waals surface area contributed by atoms with E-state index in [0.717, 1.165) is 10.8 Å². The fourth-order valence-corrected chi connectivity index (χ4v) is 1.95. The third-order valence-electron chi connectivity index (χ3n) is 2.55. The predicted molar refractivity (Wildman–Crippen MR) is 79.2 cm³/mol. The molecule has 2 aromatic carbocycles. The lowest BCUT2D eigenvalue weighted by Crippen LogP contribution is -2.08. The minimum absolute atomic E-state index is 0.330. The van der Waals surface area contributed by atoms with Crippen LogP contribution in [0.3, 0.4) is 0 Å². The summed E-state index contributed by atoms with van der Waals surface area (Å²) in [5.74, 6) is -0.0665. The number of carbonyl (C=O) groups is 1. The lowest BCUT2D eigenvalue weighted by molar-refractivity contribution is -0.130. The van der Waals surface area contributed by atoms with E-state index in [-0.39, 0.29) is 0 Å². The topological polar surface area (TPSA) is 26.3 Å². The molecule has 0 radical (unpaired) electrons. The highest BCUT2D eigenvalue weighted by Gasteiger charge is 2.08. The van der Waals surface area contributed by atoms with Gasteiger partial charge in [0.05, 0.1) is 10.0 Å². The second kappa shape index (κ2) is 5.83. The van der Waals surface area contributed by atoms with Gasteiger partial charge in [-0.1, -0.05) is 40.9 Å². The third kappa shape index (κ3) is 3.21. The first-order chi connectivity index (χ1) is 9.01. The second-order valence-corrected chi connectivity index (χ2v) is 4.99. The van der Waals surface area contributed by atoms with Crippen molar-refractivity contribution in [2.24, 2.45) is 0 Å². The molecule has 0 fully saturated rings. The van der Waals surface area contributed by atoms with Crippen molar-refractivity contribution in [1.82, 2.24) is 0 Å². The summed E-state index contributed by atoms with van der Waals surface area (Å²) in [5, 5.41) is 2.69. The molecule has 0 saturated carbocycles. The van der Waals surface area contributed by atoms with E-state index < -0.39 is 5.97 Å². The van der Waals surface area contributed by atoms with Crippen LogP contribution in [0.1, 0.15) is 6.92 Å². The number of rotatable bonds is 2. The fraction of sp³-hybridized carbons (Fsp3) is 0.0714. The molecule has 2 aromatic rings. The molecule has 0 spiro atoms. The van der Waals surface area contributed by atoms with Crippen LogP contribution in [0.5, 0.6) is 5.75 Å². The first-order valence-corrected chi connectivity index (χ1v) is 6.58. The summed E-state index contributed by atoms with van der Waals surface area (Å²) in [6.07, 6.45) is 0. The van der Waals surface area contributed by atoms with Gasteiger partial charge in [0.25, 0.3) is 0 Å². The molecular weight excluding hydrogens is 307 g/mol. The summed E-state index contributed by atoms with van der Waals surface area (Å²) in [6.45, 7) is 1.58. The lowest BCUT2D eigenvalue weighted by atomic mass is 10.1. The third-order valence-corrected chi connectivity index (χ3v) is 3.60. The number of ether oxygens (including phenoxy) is 1. The zero-order chi connectivity index (χ0) is 14.0. The molecule has 98 valence electrons. The molecule has 0 N–H and O–H groups in total. The average molecular weight is 316 g/mol. The number of hydrogen-bond acceptors (Lipinski definition) is 2. The van der Waals surface area contributed by atoms with Gasteiger partial charge in [-0.3, -0.25) is 0 Å². The summed E-state index contributed by atoms with van der Waals surface area (Å²) in [7, 11) is 0. The van der Waals surface area contributed by atoms with Gasteiger partial charge in [0.1, 0.15) is 5.75 Å². The lowest BCUT2D eigenvalue weighted by Gasteiger charge is -2.06. The Balaban J connectivity index is 2.37. The summed E-state index contributed by atoms with van der Waals surface area (Å²) in [4.78, 5) is 11.6. The molecule has 0 atom stereocenters. The second-order valence-electron chi connectivity index (χ2n) is 3.96. The minimum Gasteiger partial charge on any atom is -0.423 e. The number of esters is 1. The smallest absolute Gasteiger partial charge is 0.340 e. The highest BCUT2D eigenvalue weighted by Crippen LogP contribution is 2.30. The summed E-state index contributed by atoms with van der Waals surface area (Å²) in [5.41, 5.74) is 1.51. The Hall–Kier alpha value is -1.22. The van der Waals surface area contributed by atoms with E-state index in [0.29, 0.717) is 21.4 Å². The Morgan fingerprint density at radius 3 is 2.37 bits per heavy atom. The summed E-state index contributed by atoms with van der Waals surface area (Å²) >= 11 is 17.3. The van der Waals surface area contributed by atoms with Gasteiger partial charge in [-0.25, -0.2) is 4.79 Å². The first kappa shape index (κ1) is 14.2. The van der Waals surface area contributed by atoms with Crippen LogP contribution < -0.4 is 4.74 Å². The molecule has 2 nitrogen and oxygen atoms in total. The minimum atomic E-state index is -0.491. The van der Waals surface area contributed by atoms with Crippen molar-refractivity contribution < 1.29 is 9.53 Å². The number of hydrogen-bond donors (Lipinski definition) is 0. The van der Waals surface area contributed by atoms with Crippen molar-refractivity contribution in [3.8, 4) is 5.75 Å². The molecular formula is C14H9Cl3O2. The van der Waals surface area contributed by atoms with Gasteiger partial charge in [0, 0.05) is 11.1 Å². The van der Waals surface area contributed by atoms with Crippen LogP contribution in [0.25, 0.3) is 10.8 Å². The quantitative estimate of drug-likeness (QED) is 0.433. The van der Waals surface area contributed by atoms with Crippen LogP contribution in [0, 0.1) is 0 Å². The molecule has 0 aliphatic carbocycles. The van der Waals surface area contributed by atoms with E-state index in [2.05, 4.69) is 0 Å². The van der Waals surface area contributed by atoms with Crippen molar-refractivity contribution in [1.29, 1.82) is 0 Å². The van der Waals surface area contributed by atoms with Crippen LogP contribution >= 0.6 is 34.8 Å². The number of benzene rings is 2. The van der Waals surface area contributed by atoms with Crippen LogP contribution in [0.4, 0.5) is 0 Å². The molecule has 0 bridgehead atoms. The molecule has 19 heavy (non-hydrogen) atoms. The molecule has 0 amide bonds. The van der Waals surface area contributed by atoms with Crippen LogP contribution in [-0.4, -0.2) is 5.97 Å². The van der Waals surface area contributed by atoms with E-state index in [4.69, 9.17) is 39.5 Å². The Kier molecular flexibility index (Phi) is 4.35. The van der Waals surface area contributed by atoms with E-state index in [1.54, 1.807) is 37.3 Å². The van der Waals surface area contributed by atoms with Gasteiger partial charge in [0.2, 0.25) is 0 Å². The number of carbonyl (C=O) groups excluding carboxylic acids is 1. The SMILES string of the molecule is CC(=CCl)C(=O)Oc1ccc2cc(Cl)c(Cl)cc2c1. The van der Waals surface area contributed by atoms with E-state index in [1.165, 1.54) is 5.54 Å². The van der Waals surface area contributed by atoms with Crippen molar-refractivity contribution in [3.63, 3.8) is 0 Å². The first-order valence-electron chi connectivity index (χ1n) is 5.39. The van der Waals surface area contributed by atoms with Gasteiger partial charge in [0.15, 0.2) is 0 Å². The average Bonchev–Trinajstić information content (AvgIpc) is 2.39. The molecule has 0 aliphatic heterocycles. The van der Waals surface area contributed by atoms with E-state index >= 15 is 0 Å². The standard InChI is InChI=1S/C14H9Cl3O2/c1-8(7-15)14(18)19-11-3-2-9-5-12(16)13(17)6-10(9)4-11/h2-7H,1H3. The molecule has 0 aliphatic rings. The Morgan fingerprint density at radius 1 is 1.11 bits per heavy atom. The molecule has 0 aromatic heterocycles. The van der Waals surface area contributed by atoms with E-state index in [9.17, 15) is 4.79 Å². The van der Waals surface area contributed by atoms with Gasteiger partial charge < -0.3 is 4.74 Å². The monoisotopic (exact) mass is 314 g/mol. The highest BCUT2D eigenvalue weighted by atomic mass is 35.5. The maximum absolute atomic E-state index is 11.6. The Morgan fingerprint density at radius 2 is 1.74 bits per heavy atom. The van der Waals surface area contributed by atoms with E-state index in [1.807, 2.05) is 0 Å². The Labute approximate surface area is 125 Å². The van der Waals surface area contributed by atoms with Crippen molar-refractivity contribution >= 4 is 51.5 Å². The van der Waals surface area contributed by atoms with Gasteiger partial charge in [-0.2, -0.15) is 0 Å². The molecule has 0 unspecified atom stereocenters. The maximum atomic E-state index is 11.6. The van der Waals surface area contributed by atoms with Crippen LogP contribution in [0.15, 0.2) is 41.4 Å². The molecule has 2 rings (SSSR count). The molecule has 5 heteroatoms. The van der Waals surface area contributed by atoms with Crippen molar-refractivity contribution in [2.45, 2.75) is 6.92 Å². The number of halogens is 3. The molecule has 0 heterocycles. The van der Waals surface area contributed by atoms with Gasteiger partial charge >= 0.3 is 5.97 Å². The molecule has 0 saturated heterocycles. The Bertz CT molecular complexity index is 678. The summed E-state index contributed by atoms with van der Waals surface area (Å²) in [6, 6.07) is 8.69. The fourth-order valence-electron chi connectivity index (χ4n) is 1.52. The van der Waals surface area contributed by atoms with Crippen LogP contribution in [0.2, 0.25) is 10.0 Å². The largest absolute Gasteiger partial charge is 0.423 e.